The van der Waals surface area contributed by atoms with Gasteiger partial charge in [0.15, 0.2) is 5.43 Å². The Morgan fingerprint density at radius 2 is 1.81 bits per heavy atom. The molecule has 4 heterocycles. The lowest BCUT2D eigenvalue weighted by molar-refractivity contribution is -0.140. The van der Waals surface area contributed by atoms with Gasteiger partial charge in [0.1, 0.15) is 0 Å². The number of carbonyl (C=O) groups excluding carboxylic acids is 1. The van der Waals surface area contributed by atoms with Gasteiger partial charge in [0.25, 0.3) is 0 Å². The molecule has 2 aromatic rings. The van der Waals surface area contributed by atoms with Gasteiger partial charge in [-0.25, -0.2) is 0 Å². The molecule has 0 saturated carbocycles. The summed E-state index contributed by atoms with van der Waals surface area (Å²) in [5.74, 6) is 0.344. The second kappa shape index (κ2) is 7.31. The molecule has 5 nitrogen and oxygen atoms in total. The first-order chi connectivity index (χ1) is 13.0. The molecule has 3 saturated heterocycles. The normalized spacial score (nSPS) is 22.9. The number of carbonyl (C=O) groups is 1. The van der Waals surface area contributed by atoms with Gasteiger partial charge >= 0.3 is 0 Å². The molecule has 5 rings (SSSR count). The monoisotopic (exact) mass is 365 g/mol. The number of aromatic nitrogens is 1. The van der Waals surface area contributed by atoms with Crippen molar-refractivity contribution >= 4 is 5.91 Å². The molecule has 27 heavy (non-hydrogen) atoms. The smallest absolute Gasteiger partial charge is 0.227 e. The standard InChI is InChI=1S/C22H27N3O2/c1-15-10-23-20(16(2)21(15)26)14-24-12-18-8-9-19(13-24)25(22(18)27)11-17-6-4-3-5-7-17/h3-7,10,18-19H,8-9,11-14H2,1-2H3,(H,23,26)/t18-,19+/m0/s1. The lowest BCUT2D eigenvalue weighted by Gasteiger charge is -2.36. The van der Waals surface area contributed by atoms with Crippen LogP contribution in [-0.4, -0.2) is 39.8 Å². The van der Waals surface area contributed by atoms with Crippen LogP contribution in [0.1, 0.15) is 35.2 Å². The fraction of sp³-hybridized carbons (Fsp3) is 0.455. The van der Waals surface area contributed by atoms with Gasteiger partial charge in [-0.05, 0) is 32.3 Å². The fourth-order valence-electron chi connectivity index (χ4n) is 4.44. The Labute approximate surface area is 160 Å². The number of hydrogen-bond acceptors (Lipinski definition) is 3. The quantitative estimate of drug-likeness (QED) is 0.906. The summed E-state index contributed by atoms with van der Waals surface area (Å²) >= 11 is 0. The van der Waals surface area contributed by atoms with Crippen LogP contribution in [-0.2, 0) is 17.9 Å². The molecule has 2 bridgehead atoms. The van der Waals surface area contributed by atoms with Gasteiger partial charge in [-0.1, -0.05) is 30.3 Å². The van der Waals surface area contributed by atoms with Crippen molar-refractivity contribution in [2.24, 2.45) is 5.92 Å². The minimum atomic E-state index is 0.0601. The first kappa shape index (κ1) is 18.0. The van der Waals surface area contributed by atoms with E-state index in [-0.39, 0.29) is 23.3 Å². The van der Waals surface area contributed by atoms with Gasteiger partial charge in [-0.2, -0.15) is 0 Å². The molecule has 142 valence electrons. The highest BCUT2D eigenvalue weighted by atomic mass is 16.2. The second-order valence-electron chi connectivity index (χ2n) is 7.98. The predicted octanol–water partition coefficient (Wildman–Crippen LogP) is 2.61. The summed E-state index contributed by atoms with van der Waals surface area (Å²) in [4.78, 5) is 33.0. The van der Waals surface area contributed by atoms with Gasteiger partial charge in [-0.3, -0.25) is 14.5 Å². The molecule has 3 fully saturated rings. The third-order valence-corrected chi connectivity index (χ3v) is 6.06. The zero-order valence-corrected chi connectivity index (χ0v) is 16.1. The van der Waals surface area contributed by atoms with Crippen LogP contribution in [0.5, 0.6) is 0 Å². The van der Waals surface area contributed by atoms with Crippen LogP contribution in [0.25, 0.3) is 0 Å². The molecule has 1 amide bonds. The first-order valence-electron chi connectivity index (χ1n) is 9.77. The maximum atomic E-state index is 13.0. The van der Waals surface area contributed by atoms with Crippen LogP contribution in [0, 0.1) is 19.8 Å². The molecule has 0 aliphatic carbocycles. The van der Waals surface area contributed by atoms with Crippen molar-refractivity contribution in [2.75, 3.05) is 13.1 Å². The molecular formula is C22H27N3O2. The number of nitrogens with zero attached hydrogens (tertiary/aromatic N) is 2. The minimum absolute atomic E-state index is 0.0601. The summed E-state index contributed by atoms with van der Waals surface area (Å²) in [6.07, 6.45) is 3.82. The predicted molar refractivity (Wildman–Crippen MR) is 105 cm³/mol. The Kier molecular flexibility index (Phi) is 4.87. The molecule has 0 spiro atoms. The molecule has 5 heteroatoms. The average molecular weight is 365 g/mol. The molecule has 1 N–H and O–H groups in total. The number of aryl methyl sites for hydroxylation is 1. The van der Waals surface area contributed by atoms with Gasteiger partial charge in [0, 0.05) is 55.2 Å². The topological polar surface area (TPSA) is 56.4 Å². The van der Waals surface area contributed by atoms with E-state index in [1.54, 1.807) is 6.20 Å². The van der Waals surface area contributed by atoms with Crippen molar-refractivity contribution in [1.29, 1.82) is 0 Å². The van der Waals surface area contributed by atoms with E-state index in [9.17, 15) is 9.59 Å². The number of fused-ring (bicyclic) bond motifs is 4. The maximum absolute atomic E-state index is 13.0. The summed E-state index contributed by atoms with van der Waals surface area (Å²) < 4.78 is 0. The lowest BCUT2D eigenvalue weighted by Crippen LogP contribution is -2.47. The maximum Gasteiger partial charge on any atom is 0.227 e. The lowest BCUT2D eigenvalue weighted by atomic mass is 9.93. The van der Waals surface area contributed by atoms with Crippen molar-refractivity contribution in [2.45, 2.75) is 45.8 Å². The number of amides is 1. The molecule has 2 atom stereocenters. The average Bonchev–Trinajstić information content (AvgIpc) is 2.95. The first-order valence-corrected chi connectivity index (χ1v) is 9.77. The van der Waals surface area contributed by atoms with Crippen LogP contribution in [0.3, 0.4) is 0 Å². The molecule has 1 aromatic heterocycles. The van der Waals surface area contributed by atoms with E-state index >= 15 is 0 Å². The number of aromatic amines is 1. The number of rotatable bonds is 4. The third kappa shape index (κ3) is 3.56. The third-order valence-electron chi connectivity index (χ3n) is 6.06. The number of nitrogens with one attached hydrogen (secondary N) is 1. The Bertz CT molecular complexity index is 890. The molecular weight excluding hydrogens is 338 g/mol. The Morgan fingerprint density at radius 3 is 2.59 bits per heavy atom. The summed E-state index contributed by atoms with van der Waals surface area (Å²) in [7, 11) is 0. The van der Waals surface area contributed by atoms with Gasteiger partial charge < -0.3 is 9.88 Å². The van der Waals surface area contributed by atoms with E-state index in [0.29, 0.717) is 13.1 Å². The van der Waals surface area contributed by atoms with E-state index < -0.39 is 0 Å². The summed E-state index contributed by atoms with van der Waals surface area (Å²) in [6, 6.07) is 10.5. The van der Waals surface area contributed by atoms with Crippen LogP contribution < -0.4 is 5.43 Å². The van der Waals surface area contributed by atoms with Crippen molar-refractivity contribution in [1.82, 2.24) is 14.8 Å². The van der Waals surface area contributed by atoms with E-state index in [1.165, 1.54) is 5.56 Å². The van der Waals surface area contributed by atoms with E-state index in [4.69, 9.17) is 0 Å². The van der Waals surface area contributed by atoms with E-state index in [2.05, 4.69) is 26.9 Å². The van der Waals surface area contributed by atoms with Crippen LogP contribution in [0.2, 0.25) is 0 Å². The van der Waals surface area contributed by atoms with Crippen molar-refractivity contribution in [3.05, 3.63) is 69.1 Å². The number of H-pyrrole nitrogens is 1. The number of benzene rings is 1. The highest BCUT2D eigenvalue weighted by Crippen LogP contribution is 2.31. The fourth-order valence-corrected chi connectivity index (χ4v) is 4.44. The van der Waals surface area contributed by atoms with Crippen molar-refractivity contribution < 1.29 is 4.79 Å². The molecule has 3 aliphatic rings. The van der Waals surface area contributed by atoms with Gasteiger partial charge in [0.05, 0.1) is 5.92 Å². The summed E-state index contributed by atoms with van der Waals surface area (Å²) in [5.41, 5.74) is 3.80. The Balaban J connectivity index is 1.53. The molecule has 1 aromatic carbocycles. The van der Waals surface area contributed by atoms with E-state index in [0.717, 1.165) is 42.8 Å². The number of piperidine rings is 1. The highest BCUT2D eigenvalue weighted by molar-refractivity contribution is 5.80. The zero-order chi connectivity index (χ0) is 19.0. The Hall–Kier alpha value is -2.40. The second-order valence-corrected chi connectivity index (χ2v) is 7.98. The molecule has 0 radical (unpaired) electrons. The van der Waals surface area contributed by atoms with Crippen LogP contribution in [0.4, 0.5) is 0 Å². The molecule has 3 aliphatic heterocycles. The number of pyridine rings is 1. The van der Waals surface area contributed by atoms with E-state index in [1.807, 2.05) is 32.0 Å². The van der Waals surface area contributed by atoms with Gasteiger partial charge in [-0.15, -0.1) is 0 Å². The number of hydrogen-bond donors (Lipinski definition) is 1. The highest BCUT2D eigenvalue weighted by Gasteiger charge is 2.40. The summed E-state index contributed by atoms with van der Waals surface area (Å²) in [6.45, 7) is 6.75. The van der Waals surface area contributed by atoms with Crippen molar-refractivity contribution in [3.8, 4) is 0 Å². The van der Waals surface area contributed by atoms with Gasteiger partial charge in [0.2, 0.25) is 5.91 Å². The SMILES string of the molecule is Cc1c[nH]c(CN2C[C@@H]3CC[C@H](C2)N(Cc2ccccc2)C3=O)c(C)c1=O. The largest absolute Gasteiger partial charge is 0.363 e. The summed E-state index contributed by atoms with van der Waals surface area (Å²) in [5, 5.41) is 0. The molecule has 0 unspecified atom stereocenters. The van der Waals surface area contributed by atoms with Crippen LogP contribution in [0.15, 0.2) is 41.3 Å². The zero-order valence-electron chi connectivity index (χ0n) is 16.1. The Morgan fingerprint density at radius 1 is 1.04 bits per heavy atom. The minimum Gasteiger partial charge on any atom is -0.363 e. The van der Waals surface area contributed by atoms with Crippen LogP contribution >= 0.6 is 0 Å². The van der Waals surface area contributed by atoms with Crippen molar-refractivity contribution in [3.63, 3.8) is 0 Å².